The first-order valence-corrected chi connectivity index (χ1v) is 8.98. The van der Waals surface area contributed by atoms with Gasteiger partial charge in [0.1, 0.15) is 5.82 Å². The van der Waals surface area contributed by atoms with Gasteiger partial charge in [-0.15, -0.1) is 0 Å². The molecule has 0 amide bonds. The van der Waals surface area contributed by atoms with Gasteiger partial charge in [0.15, 0.2) is 0 Å². The molecule has 0 fully saturated rings. The first kappa shape index (κ1) is 16.9. The Morgan fingerprint density at radius 3 is 2.32 bits per heavy atom. The molecule has 0 saturated heterocycles. The Balaban J connectivity index is 2.09. The van der Waals surface area contributed by atoms with Gasteiger partial charge in [-0.1, -0.05) is 30.1 Å². The van der Waals surface area contributed by atoms with Gasteiger partial charge >= 0.3 is 0 Å². The summed E-state index contributed by atoms with van der Waals surface area (Å²) in [4.78, 5) is 4.15. The van der Waals surface area contributed by atoms with Crippen LogP contribution in [0.1, 0.15) is 13.3 Å². The second kappa shape index (κ2) is 7.17. The van der Waals surface area contributed by atoms with Crippen LogP contribution in [0.3, 0.4) is 0 Å². The number of hydrogen-bond acceptors (Lipinski definition) is 4. The maximum absolute atomic E-state index is 11.7. The van der Waals surface area contributed by atoms with E-state index in [4.69, 9.17) is 23.2 Å². The molecule has 2 N–H and O–H groups in total. The van der Waals surface area contributed by atoms with E-state index in [9.17, 15) is 8.42 Å². The van der Waals surface area contributed by atoms with Gasteiger partial charge in [0.25, 0.3) is 0 Å². The van der Waals surface area contributed by atoms with E-state index in [1.165, 1.54) is 6.20 Å². The molecule has 0 aliphatic rings. The van der Waals surface area contributed by atoms with E-state index < -0.39 is 10.0 Å². The van der Waals surface area contributed by atoms with E-state index in [0.717, 1.165) is 0 Å². The lowest BCUT2D eigenvalue weighted by Gasteiger charge is -2.09. The van der Waals surface area contributed by atoms with Gasteiger partial charge in [0.2, 0.25) is 10.0 Å². The molecule has 118 valence electrons. The molecule has 0 spiro atoms. The van der Waals surface area contributed by atoms with Crippen LogP contribution in [-0.4, -0.2) is 19.2 Å². The van der Waals surface area contributed by atoms with Gasteiger partial charge in [-0.3, -0.25) is 4.72 Å². The number of halogens is 2. The summed E-state index contributed by atoms with van der Waals surface area (Å²) in [7, 11) is -3.31. The molecule has 1 aromatic heterocycles. The topological polar surface area (TPSA) is 71.1 Å². The van der Waals surface area contributed by atoms with Crippen molar-refractivity contribution in [3.8, 4) is 0 Å². The third kappa shape index (κ3) is 5.05. The molecule has 22 heavy (non-hydrogen) atoms. The van der Waals surface area contributed by atoms with Gasteiger partial charge in [-0.2, -0.15) is 0 Å². The molecule has 0 radical (unpaired) electrons. The van der Waals surface area contributed by atoms with Crippen LogP contribution >= 0.6 is 23.2 Å². The first-order chi connectivity index (χ1) is 10.4. The number of nitrogens with one attached hydrogen (secondary N) is 2. The fourth-order valence-electron chi connectivity index (χ4n) is 1.80. The second-order valence-electron chi connectivity index (χ2n) is 4.64. The molecule has 0 atom stereocenters. The van der Waals surface area contributed by atoms with Crippen molar-refractivity contribution in [1.29, 1.82) is 0 Å². The molecular formula is C14H15Cl2N3O2S. The Morgan fingerprint density at radius 2 is 1.77 bits per heavy atom. The highest BCUT2D eigenvalue weighted by atomic mass is 35.5. The first-order valence-electron chi connectivity index (χ1n) is 6.57. The van der Waals surface area contributed by atoms with Crippen molar-refractivity contribution >= 4 is 50.4 Å². The van der Waals surface area contributed by atoms with Crippen LogP contribution in [0, 0.1) is 0 Å². The number of pyridine rings is 1. The van der Waals surface area contributed by atoms with E-state index in [0.29, 0.717) is 33.7 Å². The third-order valence-electron chi connectivity index (χ3n) is 2.64. The molecule has 1 heterocycles. The molecule has 2 aromatic rings. The van der Waals surface area contributed by atoms with Crippen molar-refractivity contribution in [3.05, 3.63) is 46.6 Å². The predicted octanol–water partition coefficient (Wildman–Crippen LogP) is 4.28. The number of rotatable bonds is 6. The van der Waals surface area contributed by atoms with E-state index >= 15 is 0 Å². The van der Waals surface area contributed by atoms with Crippen LogP contribution in [0.5, 0.6) is 0 Å². The molecule has 0 bridgehead atoms. The standard InChI is InChI=1S/C14H15Cl2N3O2S/c1-2-5-22(20,21)19-12-3-4-14(17-9-12)18-13-7-10(15)6-11(16)8-13/h3-4,6-9,19H,2,5H2,1H3,(H,17,18). The number of anilines is 3. The van der Waals surface area contributed by atoms with Crippen molar-refractivity contribution in [3.63, 3.8) is 0 Å². The minimum atomic E-state index is -3.31. The molecule has 0 aliphatic heterocycles. The van der Waals surface area contributed by atoms with E-state index in [2.05, 4.69) is 15.0 Å². The summed E-state index contributed by atoms with van der Waals surface area (Å²) in [6, 6.07) is 8.36. The maximum Gasteiger partial charge on any atom is 0.232 e. The molecule has 5 nitrogen and oxygen atoms in total. The monoisotopic (exact) mass is 359 g/mol. The number of benzene rings is 1. The number of sulfonamides is 1. The van der Waals surface area contributed by atoms with Crippen LogP contribution in [0.25, 0.3) is 0 Å². The average Bonchev–Trinajstić information content (AvgIpc) is 2.39. The number of aromatic nitrogens is 1. The van der Waals surface area contributed by atoms with Gasteiger partial charge in [0, 0.05) is 15.7 Å². The summed E-state index contributed by atoms with van der Waals surface area (Å²) in [6.07, 6.45) is 2.00. The minimum absolute atomic E-state index is 0.0774. The van der Waals surface area contributed by atoms with E-state index in [1.54, 1.807) is 37.3 Å². The summed E-state index contributed by atoms with van der Waals surface area (Å²) in [5, 5.41) is 4.07. The molecule has 2 rings (SSSR count). The Morgan fingerprint density at radius 1 is 1.09 bits per heavy atom. The zero-order valence-corrected chi connectivity index (χ0v) is 14.1. The van der Waals surface area contributed by atoms with Crippen molar-refractivity contribution in [2.75, 3.05) is 15.8 Å². The highest BCUT2D eigenvalue weighted by Gasteiger charge is 2.09. The zero-order valence-electron chi connectivity index (χ0n) is 11.8. The van der Waals surface area contributed by atoms with Gasteiger partial charge in [-0.25, -0.2) is 13.4 Å². The van der Waals surface area contributed by atoms with Crippen molar-refractivity contribution in [1.82, 2.24) is 4.98 Å². The SMILES string of the molecule is CCCS(=O)(=O)Nc1ccc(Nc2cc(Cl)cc(Cl)c2)nc1. The largest absolute Gasteiger partial charge is 0.340 e. The Hall–Kier alpha value is -1.50. The lowest BCUT2D eigenvalue weighted by molar-refractivity contribution is 0.600. The molecule has 8 heteroatoms. The lowest BCUT2D eigenvalue weighted by Crippen LogP contribution is -2.16. The van der Waals surface area contributed by atoms with Crippen molar-refractivity contribution in [2.45, 2.75) is 13.3 Å². The molecule has 0 aliphatic carbocycles. The second-order valence-corrected chi connectivity index (χ2v) is 7.35. The number of nitrogens with zero attached hydrogens (tertiary/aromatic N) is 1. The number of hydrogen-bond donors (Lipinski definition) is 2. The minimum Gasteiger partial charge on any atom is -0.340 e. The summed E-state index contributed by atoms with van der Waals surface area (Å²) in [5.41, 5.74) is 1.12. The zero-order chi connectivity index (χ0) is 16.2. The normalized spacial score (nSPS) is 11.2. The van der Waals surface area contributed by atoms with E-state index in [1.807, 2.05) is 0 Å². The lowest BCUT2D eigenvalue weighted by atomic mass is 10.3. The van der Waals surface area contributed by atoms with Gasteiger partial charge < -0.3 is 5.32 Å². The van der Waals surface area contributed by atoms with Crippen LogP contribution in [0.4, 0.5) is 17.2 Å². The van der Waals surface area contributed by atoms with Gasteiger partial charge in [-0.05, 0) is 36.8 Å². The predicted molar refractivity (Wildman–Crippen MR) is 91.7 cm³/mol. The molecular weight excluding hydrogens is 345 g/mol. The highest BCUT2D eigenvalue weighted by molar-refractivity contribution is 7.92. The quantitative estimate of drug-likeness (QED) is 0.807. The van der Waals surface area contributed by atoms with Crippen LogP contribution in [0.2, 0.25) is 10.0 Å². The van der Waals surface area contributed by atoms with Crippen LogP contribution < -0.4 is 10.0 Å². The summed E-state index contributed by atoms with van der Waals surface area (Å²) in [6.45, 7) is 1.81. The summed E-state index contributed by atoms with van der Waals surface area (Å²) in [5.74, 6) is 0.630. The Labute approximate surface area is 139 Å². The average molecular weight is 360 g/mol. The summed E-state index contributed by atoms with van der Waals surface area (Å²) < 4.78 is 25.8. The molecule has 1 aromatic carbocycles. The van der Waals surface area contributed by atoms with Gasteiger partial charge in [0.05, 0.1) is 17.6 Å². The molecule has 0 unspecified atom stereocenters. The smallest absolute Gasteiger partial charge is 0.232 e. The Kier molecular flexibility index (Phi) is 5.50. The van der Waals surface area contributed by atoms with E-state index in [-0.39, 0.29) is 5.75 Å². The van der Waals surface area contributed by atoms with Crippen LogP contribution in [-0.2, 0) is 10.0 Å². The Bertz CT molecular complexity index is 729. The maximum atomic E-state index is 11.7. The third-order valence-corrected chi connectivity index (χ3v) is 4.57. The van der Waals surface area contributed by atoms with Crippen molar-refractivity contribution in [2.24, 2.45) is 0 Å². The fraction of sp³-hybridized carbons (Fsp3) is 0.214. The molecule has 0 saturated carbocycles. The highest BCUT2D eigenvalue weighted by Crippen LogP contribution is 2.25. The van der Waals surface area contributed by atoms with Crippen molar-refractivity contribution < 1.29 is 8.42 Å². The fourth-order valence-corrected chi connectivity index (χ4v) is 3.45. The van der Waals surface area contributed by atoms with Crippen LogP contribution in [0.15, 0.2) is 36.5 Å². The summed E-state index contributed by atoms with van der Waals surface area (Å²) >= 11 is 11.8.